The fourth-order valence-electron chi connectivity index (χ4n) is 5.22. The van der Waals surface area contributed by atoms with E-state index < -0.39 is 34.6 Å². The lowest BCUT2D eigenvalue weighted by atomic mass is 9.48. The first-order chi connectivity index (χ1) is 16.0. The van der Waals surface area contributed by atoms with E-state index in [4.69, 9.17) is 4.74 Å². The van der Waals surface area contributed by atoms with Crippen LogP contribution >= 0.6 is 0 Å². The molecule has 0 bridgehead atoms. The van der Waals surface area contributed by atoms with E-state index in [0.717, 1.165) is 5.56 Å². The van der Waals surface area contributed by atoms with Gasteiger partial charge in [0.1, 0.15) is 16.9 Å². The number of ether oxygens (including phenoxy) is 1. The topological polar surface area (TPSA) is 87.4 Å². The SMILES string of the molecule is CCOC(=O)C1C(=O)CC(c2ccccc2)C(C#N)(c2ccccc2)C1(O)c1ccccc1. The van der Waals surface area contributed by atoms with Crippen LogP contribution in [0.25, 0.3) is 0 Å². The van der Waals surface area contributed by atoms with Crippen molar-refractivity contribution in [3.63, 3.8) is 0 Å². The van der Waals surface area contributed by atoms with Crippen molar-refractivity contribution in [3.8, 4) is 6.07 Å². The minimum Gasteiger partial charge on any atom is -0.465 e. The van der Waals surface area contributed by atoms with Crippen molar-refractivity contribution in [2.24, 2.45) is 5.92 Å². The molecule has 0 amide bonds. The van der Waals surface area contributed by atoms with Gasteiger partial charge in [0.05, 0.1) is 12.7 Å². The van der Waals surface area contributed by atoms with Crippen LogP contribution in [0, 0.1) is 17.2 Å². The number of nitrogens with zero attached hydrogens (tertiary/aromatic N) is 1. The Morgan fingerprint density at radius 3 is 2.00 bits per heavy atom. The Bertz CT molecular complexity index is 1170. The third-order valence-corrected chi connectivity index (χ3v) is 6.61. The highest BCUT2D eigenvalue weighted by Crippen LogP contribution is 2.59. The van der Waals surface area contributed by atoms with Crippen LogP contribution in [0.15, 0.2) is 91.0 Å². The first-order valence-electron chi connectivity index (χ1n) is 11.0. The minimum absolute atomic E-state index is 0.0560. The van der Waals surface area contributed by atoms with E-state index in [1.807, 2.05) is 36.4 Å². The van der Waals surface area contributed by atoms with Crippen LogP contribution in [0.5, 0.6) is 0 Å². The predicted molar refractivity (Wildman–Crippen MR) is 123 cm³/mol. The van der Waals surface area contributed by atoms with Gasteiger partial charge in [-0.3, -0.25) is 9.59 Å². The second-order valence-corrected chi connectivity index (χ2v) is 8.24. The minimum atomic E-state index is -2.16. The molecule has 4 rings (SSSR count). The fourth-order valence-corrected chi connectivity index (χ4v) is 5.22. The van der Waals surface area contributed by atoms with Gasteiger partial charge in [-0.15, -0.1) is 0 Å². The standard InChI is InChI=1S/C28H25NO4/c1-2-33-26(31)25-24(30)18-23(20-12-6-3-7-13-20)27(19-29,21-14-8-4-9-15-21)28(25,32)22-16-10-5-11-17-22/h3-17,23,25,32H,2,18H2,1H3. The summed E-state index contributed by atoms with van der Waals surface area (Å²) in [6.07, 6.45) is -0.0783. The van der Waals surface area contributed by atoms with Crippen molar-refractivity contribution < 1.29 is 19.4 Å². The molecule has 5 heteroatoms. The molecule has 0 heterocycles. The molecule has 1 N–H and O–H groups in total. The predicted octanol–water partition coefficient (Wildman–Crippen LogP) is 4.27. The number of ketones is 1. The molecular weight excluding hydrogens is 414 g/mol. The number of carbonyl (C=O) groups is 2. The lowest BCUT2D eigenvalue weighted by Crippen LogP contribution is -2.64. The Morgan fingerprint density at radius 2 is 1.48 bits per heavy atom. The molecule has 1 saturated carbocycles. The first-order valence-corrected chi connectivity index (χ1v) is 11.0. The number of aliphatic hydroxyl groups is 1. The second-order valence-electron chi connectivity index (χ2n) is 8.24. The molecule has 166 valence electrons. The second kappa shape index (κ2) is 9.01. The van der Waals surface area contributed by atoms with E-state index in [1.165, 1.54) is 0 Å². The molecule has 3 aromatic rings. The number of rotatable bonds is 5. The van der Waals surface area contributed by atoms with Crippen LogP contribution in [0.3, 0.4) is 0 Å². The molecule has 0 radical (unpaired) electrons. The lowest BCUT2D eigenvalue weighted by Gasteiger charge is -2.53. The zero-order valence-corrected chi connectivity index (χ0v) is 18.3. The van der Waals surface area contributed by atoms with Gasteiger partial charge in [-0.1, -0.05) is 91.0 Å². The fraction of sp³-hybridized carbons (Fsp3) is 0.250. The molecule has 33 heavy (non-hydrogen) atoms. The average molecular weight is 440 g/mol. The quantitative estimate of drug-likeness (QED) is 0.474. The van der Waals surface area contributed by atoms with Crippen molar-refractivity contribution >= 4 is 11.8 Å². The number of Topliss-reactive ketones (excluding diaryl/α,β-unsaturated/α-hetero) is 1. The van der Waals surface area contributed by atoms with Crippen molar-refractivity contribution in [2.45, 2.75) is 30.3 Å². The smallest absolute Gasteiger partial charge is 0.319 e. The maximum Gasteiger partial charge on any atom is 0.319 e. The molecule has 1 aliphatic carbocycles. The van der Waals surface area contributed by atoms with Gasteiger partial charge in [-0.25, -0.2) is 0 Å². The Kier molecular flexibility index (Phi) is 6.13. The van der Waals surface area contributed by atoms with E-state index in [0.29, 0.717) is 11.1 Å². The van der Waals surface area contributed by atoms with Crippen molar-refractivity contribution in [1.29, 1.82) is 5.26 Å². The number of nitriles is 1. The average Bonchev–Trinajstić information content (AvgIpc) is 2.86. The Morgan fingerprint density at radius 1 is 0.970 bits per heavy atom. The molecule has 1 aliphatic rings. The van der Waals surface area contributed by atoms with Gasteiger partial charge in [0, 0.05) is 12.3 Å². The molecule has 0 saturated heterocycles. The molecule has 0 aromatic heterocycles. The van der Waals surface area contributed by atoms with E-state index >= 15 is 0 Å². The largest absolute Gasteiger partial charge is 0.465 e. The van der Waals surface area contributed by atoms with Gasteiger partial charge in [-0.2, -0.15) is 5.26 Å². The van der Waals surface area contributed by atoms with Gasteiger partial charge < -0.3 is 9.84 Å². The molecule has 4 unspecified atom stereocenters. The number of hydrogen-bond acceptors (Lipinski definition) is 5. The summed E-state index contributed by atoms with van der Waals surface area (Å²) < 4.78 is 5.25. The number of esters is 1. The normalized spacial score (nSPS) is 26.9. The van der Waals surface area contributed by atoms with E-state index in [1.54, 1.807) is 61.5 Å². The zero-order valence-electron chi connectivity index (χ0n) is 18.3. The van der Waals surface area contributed by atoms with E-state index in [-0.39, 0.29) is 13.0 Å². The molecule has 3 aromatic carbocycles. The van der Waals surface area contributed by atoms with Crippen molar-refractivity contribution in [3.05, 3.63) is 108 Å². The van der Waals surface area contributed by atoms with Gasteiger partial charge in [0.25, 0.3) is 0 Å². The zero-order chi connectivity index (χ0) is 23.5. The van der Waals surface area contributed by atoms with Crippen LogP contribution in [-0.4, -0.2) is 23.5 Å². The van der Waals surface area contributed by atoms with Gasteiger partial charge in [-0.05, 0) is 23.6 Å². The monoisotopic (exact) mass is 439 g/mol. The van der Waals surface area contributed by atoms with Crippen LogP contribution in [0.1, 0.15) is 36.0 Å². The summed E-state index contributed by atoms with van der Waals surface area (Å²) in [5.74, 6) is -3.50. The molecule has 5 nitrogen and oxygen atoms in total. The van der Waals surface area contributed by atoms with E-state index in [2.05, 4.69) is 6.07 Å². The lowest BCUT2D eigenvalue weighted by molar-refractivity contribution is -0.177. The third-order valence-electron chi connectivity index (χ3n) is 6.61. The summed E-state index contributed by atoms with van der Waals surface area (Å²) in [4.78, 5) is 26.7. The van der Waals surface area contributed by atoms with Crippen LogP contribution in [0.2, 0.25) is 0 Å². The Balaban J connectivity index is 2.11. The Hall–Kier alpha value is -3.75. The van der Waals surface area contributed by atoms with Crippen molar-refractivity contribution in [1.82, 2.24) is 0 Å². The molecule has 1 fully saturated rings. The van der Waals surface area contributed by atoms with Gasteiger partial charge in [0.2, 0.25) is 0 Å². The number of hydrogen-bond donors (Lipinski definition) is 1. The van der Waals surface area contributed by atoms with Crippen LogP contribution in [0.4, 0.5) is 0 Å². The van der Waals surface area contributed by atoms with Crippen LogP contribution < -0.4 is 0 Å². The van der Waals surface area contributed by atoms with Gasteiger partial charge >= 0.3 is 5.97 Å². The van der Waals surface area contributed by atoms with Gasteiger partial charge in [0.15, 0.2) is 5.78 Å². The highest BCUT2D eigenvalue weighted by atomic mass is 16.5. The molecule has 0 aliphatic heterocycles. The molecular formula is C28H25NO4. The summed E-state index contributed by atoms with van der Waals surface area (Å²) in [5.41, 5.74) is -2.20. The third kappa shape index (κ3) is 3.44. The maximum absolute atomic E-state index is 13.5. The summed E-state index contributed by atoms with van der Waals surface area (Å²) in [6.45, 7) is 1.70. The maximum atomic E-state index is 13.5. The highest BCUT2D eigenvalue weighted by Gasteiger charge is 2.69. The van der Waals surface area contributed by atoms with Crippen LogP contribution in [-0.2, 0) is 25.3 Å². The summed E-state index contributed by atoms with van der Waals surface area (Å²) >= 11 is 0. The summed E-state index contributed by atoms with van der Waals surface area (Å²) in [7, 11) is 0. The molecule has 4 atom stereocenters. The summed E-state index contributed by atoms with van der Waals surface area (Å²) in [6, 6.07) is 29.1. The van der Waals surface area contributed by atoms with Crippen molar-refractivity contribution in [2.75, 3.05) is 6.61 Å². The first kappa shape index (κ1) is 22.4. The number of benzene rings is 3. The highest BCUT2D eigenvalue weighted by molar-refractivity contribution is 6.02. The Labute approximate surface area is 193 Å². The molecule has 0 spiro atoms. The van der Waals surface area contributed by atoms with E-state index in [9.17, 15) is 20.0 Å². The number of carbonyl (C=O) groups excluding carboxylic acids is 2. The summed E-state index contributed by atoms with van der Waals surface area (Å²) in [5, 5.41) is 23.5.